The van der Waals surface area contributed by atoms with E-state index in [1.165, 1.54) is 0 Å². The number of aliphatic hydroxyl groups excluding tert-OH is 1. The molecule has 182 valence electrons. The summed E-state index contributed by atoms with van der Waals surface area (Å²) >= 11 is 0. The lowest BCUT2D eigenvalue weighted by molar-refractivity contribution is -0.244. The zero-order valence-corrected chi connectivity index (χ0v) is 21.2. The van der Waals surface area contributed by atoms with Crippen molar-refractivity contribution in [1.29, 1.82) is 0 Å². The van der Waals surface area contributed by atoms with Crippen molar-refractivity contribution >= 4 is 11.8 Å². The fraction of sp³-hybridized carbons (Fsp3) is 0.862. The van der Waals surface area contributed by atoms with Gasteiger partial charge in [0.25, 0.3) is 0 Å². The molecule has 11 atom stereocenters. The Balaban J connectivity index is 1.47. The highest BCUT2D eigenvalue weighted by atomic mass is 16.6. The van der Waals surface area contributed by atoms with Crippen LogP contribution in [0.5, 0.6) is 0 Å². The van der Waals surface area contributed by atoms with Gasteiger partial charge in [0.15, 0.2) is 0 Å². The molecule has 1 saturated heterocycles. The predicted molar refractivity (Wildman–Crippen MR) is 126 cm³/mol. The number of carbonyl (C=O) groups excluding carboxylic acids is 2. The van der Waals surface area contributed by atoms with E-state index in [4.69, 9.17) is 4.74 Å². The van der Waals surface area contributed by atoms with Crippen LogP contribution in [0.4, 0.5) is 0 Å². The molecule has 0 unspecified atom stereocenters. The highest BCUT2D eigenvalue weighted by Gasteiger charge is 2.81. The monoisotopic (exact) mass is 454 g/mol. The molecule has 1 aliphatic heterocycles. The van der Waals surface area contributed by atoms with Gasteiger partial charge in [-0.05, 0) is 90.9 Å². The van der Waals surface area contributed by atoms with Crippen molar-refractivity contribution in [3.63, 3.8) is 0 Å². The van der Waals surface area contributed by atoms with Crippen LogP contribution < -0.4 is 0 Å². The quantitative estimate of drug-likeness (QED) is 0.389. The van der Waals surface area contributed by atoms with Crippen molar-refractivity contribution in [1.82, 2.24) is 0 Å². The topological polar surface area (TPSA) is 63.6 Å². The number of esters is 1. The van der Waals surface area contributed by atoms with Crippen LogP contribution >= 0.6 is 0 Å². The number of aliphatic hydroxyl groups is 1. The largest absolute Gasteiger partial charge is 0.461 e. The van der Waals surface area contributed by atoms with Gasteiger partial charge < -0.3 is 9.84 Å². The van der Waals surface area contributed by atoms with E-state index in [0.717, 1.165) is 50.5 Å². The van der Waals surface area contributed by atoms with Crippen molar-refractivity contribution in [3.05, 3.63) is 12.2 Å². The van der Waals surface area contributed by atoms with Crippen LogP contribution in [-0.2, 0) is 14.3 Å². The van der Waals surface area contributed by atoms with Crippen LogP contribution in [0, 0.1) is 50.7 Å². The second kappa shape index (κ2) is 6.33. The lowest BCUT2D eigenvalue weighted by atomic mass is 9.30. The maximum Gasteiger partial charge on any atom is 0.313 e. The lowest BCUT2D eigenvalue weighted by Gasteiger charge is -2.71. The van der Waals surface area contributed by atoms with Gasteiger partial charge >= 0.3 is 5.97 Å². The fourth-order valence-corrected chi connectivity index (χ4v) is 11.3. The first kappa shape index (κ1) is 22.3. The summed E-state index contributed by atoms with van der Waals surface area (Å²) in [6, 6.07) is 0. The standard InChI is InChI=1S/C29H42O4/c1-16-13-22-25(3,14-19(16)31)15-23-28(6)21-9-10-26(4)17(2)18(30)7-8-20(26)27(21,5)11-12-29(22,28)24(32)33-23/h17,19-23,31H,1,7-15H2,2-6H3/t17-,19-,20+,21-,22+,23-,25+,26+,27-,28-,29-/m0/s1. The van der Waals surface area contributed by atoms with E-state index in [1.54, 1.807) is 0 Å². The number of ether oxygens (including phenoxy) is 1. The van der Waals surface area contributed by atoms with Crippen molar-refractivity contribution in [3.8, 4) is 0 Å². The van der Waals surface area contributed by atoms with E-state index >= 15 is 0 Å². The van der Waals surface area contributed by atoms with Crippen LogP contribution in [0.1, 0.15) is 92.4 Å². The van der Waals surface area contributed by atoms with Gasteiger partial charge in [0.05, 0.1) is 11.5 Å². The second-order valence-corrected chi connectivity index (χ2v) is 14.0. The number of hydrogen-bond acceptors (Lipinski definition) is 4. The third-order valence-corrected chi connectivity index (χ3v) is 13.2. The molecule has 4 heteroatoms. The van der Waals surface area contributed by atoms with Gasteiger partial charge in [0.1, 0.15) is 11.9 Å². The molecule has 0 aromatic heterocycles. The molecule has 5 saturated carbocycles. The first-order valence-electron chi connectivity index (χ1n) is 13.4. The molecular weight excluding hydrogens is 412 g/mol. The first-order valence-corrected chi connectivity index (χ1v) is 13.4. The number of carbonyl (C=O) groups is 2. The molecule has 6 rings (SSSR count). The van der Waals surface area contributed by atoms with Gasteiger partial charge in [-0.2, -0.15) is 0 Å². The number of hydrogen-bond donors (Lipinski definition) is 1. The van der Waals surface area contributed by atoms with Crippen LogP contribution in [0.15, 0.2) is 12.2 Å². The highest BCUT2D eigenvalue weighted by molar-refractivity contribution is 5.83. The van der Waals surface area contributed by atoms with Gasteiger partial charge in [0, 0.05) is 17.8 Å². The summed E-state index contributed by atoms with van der Waals surface area (Å²) in [5, 5.41) is 10.7. The van der Waals surface area contributed by atoms with Crippen molar-refractivity contribution < 1.29 is 19.4 Å². The normalized spacial score (nSPS) is 59.8. The Morgan fingerprint density at radius 2 is 1.67 bits per heavy atom. The number of fused-ring (bicyclic) bond motifs is 4. The van der Waals surface area contributed by atoms with E-state index in [9.17, 15) is 14.7 Å². The molecule has 1 heterocycles. The van der Waals surface area contributed by atoms with Crippen molar-refractivity contribution in [2.45, 2.75) is 105 Å². The van der Waals surface area contributed by atoms with Crippen molar-refractivity contribution in [2.75, 3.05) is 0 Å². The minimum atomic E-state index is -0.470. The Kier molecular flexibility index (Phi) is 4.28. The highest BCUT2D eigenvalue weighted by Crippen LogP contribution is 2.80. The summed E-state index contributed by atoms with van der Waals surface area (Å²) in [4.78, 5) is 26.6. The third-order valence-electron chi connectivity index (χ3n) is 13.2. The van der Waals surface area contributed by atoms with Gasteiger partial charge in [-0.15, -0.1) is 0 Å². The molecule has 1 N–H and O–H groups in total. The minimum absolute atomic E-state index is 0.0375. The van der Waals surface area contributed by atoms with E-state index in [-0.39, 0.29) is 45.6 Å². The molecule has 6 aliphatic rings. The molecule has 0 spiro atoms. The maximum absolute atomic E-state index is 13.9. The third kappa shape index (κ3) is 2.29. The average molecular weight is 455 g/mol. The molecule has 0 radical (unpaired) electrons. The van der Waals surface area contributed by atoms with Crippen LogP contribution in [0.2, 0.25) is 0 Å². The summed E-state index contributed by atoms with van der Waals surface area (Å²) in [5.41, 5.74) is 0.358. The van der Waals surface area contributed by atoms with Crippen molar-refractivity contribution in [2.24, 2.45) is 50.7 Å². The second-order valence-electron chi connectivity index (χ2n) is 14.0. The first-order chi connectivity index (χ1) is 15.3. The average Bonchev–Trinajstić information content (AvgIpc) is 2.88. The summed E-state index contributed by atoms with van der Waals surface area (Å²) in [6.07, 6.45) is 7.55. The molecule has 6 fully saturated rings. The number of ketones is 1. The van der Waals surface area contributed by atoms with Crippen LogP contribution in [0.25, 0.3) is 0 Å². The molecule has 0 amide bonds. The van der Waals surface area contributed by atoms with Gasteiger partial charge in [-0.1, -0.05) is 41.2 Å². The van der Waals surface area contributed by atoms with E-state index < -0.39 is 11.5 Å². The predicted octanol–water partition coefficient (Wildman–Crippen LogP) is 5.47. The summed E-state index contributed by atoms with van der Waals surface area (Å²) in [7, 11) is 0. The van der Waals surface area contributed by atoms with E-state index in [2.05, 4.69) is 41.2 Å². The zero-order valence-electron chi connectivity index (χ0n) is 21.2. The Bertz CT molecular complexity index is 955. The maximum atomic E-state index is 13.9. The Labute approximate surface area is 198 Å². The van der Waals surface area contributed by atoms with Gasteiger partial charge in [-0.25, -0.2) is 0 Å². The number of rotatable bonds is 0. The molecule has 0 aromatic rings. The van der Waals surface area contributed by atoms with E-state index in [1.807, 2.05) is 0 Å². The summed E-state index contributed by atoms with van der Waals surface area (Å²) in [5.74, 6) is 1.76. The smallest absolute Gasteiger partial charge is 0.313 e. The minimum Gasteiger partial charge on any atom is -0.461 e. The fourth-order valence-electron chi connectivity index (χ4n) is 11.3. The lowest BCUT2D eigenvalue weighted by Crippen LogP contribution is -2.70. The van der Waals surface area contributed by atoms with Crippen LogP contribution in [-0.4, -0.2) is 29.1 Å². The summed E-state index contributed by atoms with van der Waals surface area (Å²) < 4.78 is 6.34. The van der Waals surface area contributed by atoms with Gasteiger partial charge in [0.2, 0.25) is 0 Å². The molecule has 0 aromatic carbocycles. The molecule has 4 nitrogen and oxygen atoms in total. The molecular formula is C29H42O4. The molecule has 33 heavy (non-hydrogen) atoms. The van der Waals surface area contributed by atoms with E-state index in [0.29, 0.717) is 30.5 Å². The Morgan fingerprint density at radius 3 is 2.39 bits per heavy atom. The summed E-state index contributed by atoms with van der Waals surface area (Å²) in [6.45, 7) is 16.0. The molecule has 5 aliphatic carbocycles. The van der Waals surface area contributed by atoms with Gasteiger partial charge in [-0.3, -0.25) is 9.59 Å². The SMILES string of the molecule is C=C1C[C@@H]2[C@@](C)(C[C@@H]3OC(=O)[C@]24CC[C@@]2(C)[C@@H]5CCC(=O)[C@H](C)[C@@]5(C)CC[C@@H]2[C@@]34C)C[C@@H]1O. The zero-order chi connectivity index (χ0) is 23.8. The molecule has 2 bridgehead atoms. The Morgan fingerprint density at radius 1 is 0.939 bits per heavy atom. The Hall–Kier alpha value is -1.16. The number of Topliss-reactive ketones (excluding diaryl/α,β-unsaturated/α-hetero) is 1. The van der Waals surface area contributed by atoms with Crippen LogP contribution in [0.3, 0.4) is 0 Å².